The molecule has 0 spiro atoms. The maximum atomic E-state index is 5.86. The molecule has 0 amide bonds. The summed E-state index contributed by atoms with van der Waals surface area (Å²) in [7, 11) is 1.66. The van der Waals surface area contributed by atoms with Crippen LogP contribution in [0.1, 0.15) is 25.0 Å². The Kier molecular flexibility index (Phi) is 6.35. The van der Waals surface area contributed by atoms with E-state index in [0.29, 0.717) is 36.4 Å². The summed E-state index contributed by atoms with van der Waals surface area (Å²) in [6.45, 7) is 5.02. The molecule has 0 saturated carbocycles. The van der Waals surface area contributed by atoms with Crippen molar-refractivity contribution in [1.82, 2.24) is 0 Å². The van der Waals surface area contributed by atoms with E-state index in [9.17, 15) is 0 Å². The van der Waals surface area contributed by atoms with Crippen LogP contribution in [0.15, 0.2) is 88.8 Å². The molecule has 0 aliphatic carbocycles. The topological polar surface area (TPSA) is 64.4 Å². The maximum absolute atomic E-state index is 5.86. The van der Waals surface area contributed by atoms with Gasteiger partial charge in [0.25, 0.3) is 0 Å². The van der Waals surface area contributed by atoms with E-state index in [2.05, 4.69) is 23.5 Å². The maximum Gasteiger partial charge on any atom is 0.162 e. The highest BCUT2D eigenvalue weighted by molar-refractivity contribution is 6.21. The van der Waals surface area contributed by atoms with Gasteiger partial charge in [-0.15, -0.1) is 0 Å². The minimum Gasteiger partial charge on any atom is -0.497 e. The Labute approximate surface area is 204 Å². The van der Waals surface area contributed by atoms with Crippen LogP contribution >= 0.6 is 0 Å². The van der Waals surface area contributed by atoms with Gasteiger partial charge >= 0.3 is 0 Å². The predicted octanol–water partition coefficient (Wildman–Crippen LogP) is 6.60. The van der Waals surface area contributed by atoms with Gasteiger partial charge in [0.15, 0.2) is 17.3 Å². The normalized spacial score (nSPS) is 12.7. The first-order valence-corrected chi connectivity index (χ1v) is 11.7. The first kappa shape index (κ1) is 22.5. The van der Waals surface area contributed by atoms with Gasteiger partial charge in [0.05, 0.1) is 31.7 Å². The van der Waals surface area contributed by atoms with Gasteiger partial charge in [-0.3, -0.25) is 0 Å². The Morgan fingerprint density at radius 2 is 1.49 bits per heavy atom. The largest absolute Gasteiger partial charge is 0.497 e. The molecule has 4 aromatic carbocycles. The van der Waals surface area contributed by atoms with Gasteiger partial charge in [0.1, 0.15) is 11.6 Å². The second-order valence-corrected chi connectivity index (χ2v) is 7.96. The third-order valence-electron chi connectivity index (χ3n) is 5.75. The number of ether oxygens (including phenoxy) is 3. The molecular weight excluding hydrogens is 438 g/mol. The number of methoxy groups -OCH3 is 1. The highest BCUT2D eigenvalue weighted by atomic mass is 16.5. The Bertz CT molecular complexity index is 1430. The quantitative estimate of drug-likeness (QED) is 0.334. The first-order chi connectivity index (χ1) is 17.2. The molecule has 0 aromatic heterocycles. The molecule has 1 N–H and O–H groups in total. The fourth-order valence-electron chi connectivity index (χ4n) is 4.07. The zero-order chi connectivity index (χ0) is 24.2. The molecule has 6 heteroatoms. The van der Waals surface area contributed by atoms with Crippen molar-refractivity contribution in [3.05, 3.63) is 90.0 Å². The Morgan fingerprint density at radius 3 is 2.26 bits per heavy atom. The van der Waals surface area contributed by atoms with E-state index < -0.39 is 0 Å². The van der Waals surface area contributed by atoms with Crippen LogP contribution in [0.5, 0.6) is 17.2 Å². The van der Waals surface area contributed by atoms with Crippen molar-refractivity contribution in [1.29, 1.82) is 0 Å². The van der Waals surface area contributed by atoms with Crippen LogP contribution in [0.25, 0.3) is 10.8 Å². The monoisotopic (exact) mass is 465 g/mol. The summed E-state index contributed by atoms with van der Waals surface area (Å²) in [6, 6.07) is 26.0. The number of hydrogen-bond donors (Lipinski definition) is 1. The molecule has 0 radical (unpaired) electrons. The van der Waals surface area contributed by atoms with Gasteiger partial charge in [0.2, 0.25) is 0 Å². The summed E-state index contributed by atoms with van der Waals surface area (Å²) < 4.78 is 17.0. The third-order valence-corrected chi connectivity index (χ3v) is 5.75. The second kappa shape index (κ2) is 9.89. The lowest BCUT2D eigenvalue weighted by Gasteiger charge is -2.15. The summed E-state index contributed by atoms with van der Waals surface area (Å²) in [4.78, 5) is 10.0. The van der Waals surface area contributed by atoms with Crippen molar-refractivity contribution in [2.24, 2.45) is 9.98 Å². The summed E-state index contributed by atoms with van der Waals surface area (Å²) >= 11 is 0. The number of aliphatic imine (C=N–C) groups is 2. The van der Waals surface area contributed by atoms with Gasteiger partial charge in [-0.25, -0.2) is 9.98 Å². The van der Waals surface area contributed by atoms with E-state index in [4.69, 9.17) is 24.2 Å². The minimum absolute atomic E-state index is 0.539. The van der Waals surface area contributed by atoms with E-state index in [1.807, 2.05) is 74.5 Å². The number of nitrogens with zero attached hydrogens (tertiary/aromatic N) is 2. The van der Waals surface area contributed by atoms with Gasteiger partial charge in [-0.05, 0) is 67.8 Å². The molecule has 1 heterocycles. The van der Waals surface area contributed by atoms with Crippen LogP contribution in [0.2, 0.25) is 0 Å². The lowest BCUT2D eigenvalue weighted by Crippen LogP contribution is -2.15. The molecule has 6 nitrogen and oxygen atoms in total. The molecule has 0 saturated heterocycles. The average Bonchev–Trinajstić information content (AvgIpc) is 3.10. The van der Waals surface area contributed by atoms with E-state index in [1.165, 1.54) is 0 Å². The number of hydrogen-bond acceptors (Lipinski definition) is 6. The zero-order valence-electron chi connectivity index (χ0n) is 20.0. The lowest BCUT2D eigenvalue weighted by molar-refractivity contribution is 0.288. The molecule has 0 unspecified atom stereocenters. The van der Waals surface area contributed by atoms with Crippen molar-refractivity contribution < 1.29 is 14.2 Å². The average molecular weight is 466 g/mol. The van der Waals surface area contributed by atoms with Crippen LogP contribution in [0.4, 0.5) is 11.4 Å². The highest BCUT2D eigenvalue weighted by Crippen LogP contribution is 2.37. The molecule has 5 rings (SSSR count). The van der Waals surface area contributed by atoms with E-state index in [0.717, 1.165) is 39.0 Å². The fraction of sp³-hybridized carbons (Fsp3) is 0.172. The van der Waals surface area contributed by atoms with Crippen LogP contribution in [0.3, 0.4) is 0 Å². The number of anilines is 1. The number of rotatable bonds is 7. The Hall–Kier alpha value is -4.32. The number of fused-ring (bicyclic) bond motifs is 3. The highest BCUT2D eigenvalue weighted by Gasteiger charge is 2.19. The molecule has 0 fully saturated rings. The van der Waals surface area contributed by atoms with Crippen LogP contribution in [-0.2, 0) is 0 Å². The minimum atomic E-state index is 0.539. The third kappa shape index (κ3) is 4.55. The summed E-state index contributed by atoms with van der Waals surface area (Å²) in [6.07, 6.45) is 0. The number of benzene rings is 4. The standard InChI is InChI=1S/C29H27N3O3/c1-4-34-25-17-13-21(18-26(25)35-5-2)29-30-24-16-12-19-8-6-7-9-23(19)27(24)31-28(32-29)20-10-14-22(33-3)15-11-20/h6-18H,4-5H2,1-3H3,(H,30,31,32). The van der Waals surface area contributed by atoms with Crippen molar-refractivity contribution in [3.63, 3.8) is 0 Å². The zero-order valence-corrected chi connectivity index (χ0v) is 20.0. The molecular formula is C29H27N3O3. The van der Waals surface area contributed by atoms with Crippen LogP contribution in [0, 0.1) is 0 Å². The van der Waals surface area contributed by atoms with Crippen molar-refractivity contribution >= 4 is 33.8 Å². The van der Waals surface area contributed by atoms with Gasteiger partial charge < -0.3 is 19.5 Å². The predicted molar refractivity (Wildman–Crippen MR) is 142 cm³/mol. The van der Waals surface area contributed by atoms with E-state index >= 15 is 0 Å². The van der Waals surface area contributed by atoms with Gasteiger partial charge in [0, 0.05) is 16.5 Å². The lowest BCUT2D eigenvalue weighted by atomic mass is 10.1. The molecule has 0 atom stereocenters. The van der Waals surface area contributed by atoms with Gasteiger partial charge in [-0.1, -0.05) is 30.3 Å². The summed E-state index contributed by atoms with van der Waals surface area (Å²) in [5.74, 6) is 3.46. The number of amidine groups is 2. The SMILES string of the molecule is CCOc1ccc(C2=NC(c3ccc(OC)cc3)=Nc3c(ccc4ccccc34)N2)cc1OCC. The van der Waals surface area contributed by atoms with Crippen LogP contribution in [-0.4, -0.2) is 32.0 Å². The van der Waals surface area contributed by atoms with Crippen molar-refractivity contribution in [2.75, 3.05) is 25.6 Å². The molecule has 1 aliphatic heterocycles. The van der Waals surface area contributed by atoms with E-state index in [-0.39, 0.29) is 0 Å². The second-order valence-electron chi connectivity index (χ2n) is 7.96. The molecule has 0 bridgehead atoms. The van der Waals surface area contributed by atoms with Crippen molar-refractivity contribution in [3.8, 4) is 17.2 Å². The summed E-state index contributed by atoms with van der Waals surface area (Å²) in [5, 5.41) is 5.70. The molecule has 1 aliphatic rings. The van der Waals surface area contributed by atoms with Gasteiger partial charge in [-0.2, -0.15) is 0 Å². The summed E-state index contributed by atoms with van der Waals surface area (Å²) in [5.41, 5.74) is 3.50. The molecule has 4 aromatic rings. The Morgan fingerprint density at radius 1 is 0.743 bits per heavy atom. The number of nitrogens with one attached hydrogen (secondary N) is 1. The smallest absolute Gasteiger partial charge is 0.162 e. The van der Waals surface area contributed by atoms with Crippen molar-refractivity contribution in [2.45, 2.75) is 13.8 Å². The van der Waals surface area contributed by atoms with Crippen LogP contribution < -0.4 is 19.5 Å². The Balaban J connectivity index is 1.67. The molecule has 35 heavy (non-hydrogen) atoms. The first-order valence-electron chi connectivity index (χ1n) is 11.7. The van der Waals surface area contributed by atoms with E-state index in [1.54, 1.807) is 7.11 Å². The molecule has 176 valence electrons. The fourth-order valence-corrected chi connectivity index (χ4v) is 4.07.